The van der Waals surface area contributed by atoms with Crippen molar-refractivity contribution in [2.75, 3.05) is 13.2 Å². The number of hydrogen-bond donors (Lipinski definition) is 2. The number of rotatable bonds is 4. The third-order valence-electron chi connectivity index (χ3n) is 3.41. The molecule has 2 N–H and O–H groups in total. The minimum atomic E-state index is 0.573. The molecule has 0 radical (unpaired) electrons. The van der Waals surface area contributed by atoms with Gasteiger partial charge in [0.2, 0.25) is 0 Å². The van der Waals surface area contributed by atoms with Gasteiger partial charge in [0.1, 0.15) is 5.82 Å². The molecule has 4 heteroatoms. The van der Waals surface area contributed by atoms with E-state index in [1.165, 1.54) is 18.5 Å². The number of nitrogens with one attached hydrogen (secondary N) is 2. The molecule has 0 bridgehead atoms. The Balaban J connectivity index is 1.57. The molecule has 1 aromatic heterocycles. The van der Waals surface area contributed by atoms with E-state index in [-0.39, 0.29) is 0 Å². The van der Waals surface area contributed by atoms with Crippen LogP contribution in [0.15, 0.2) is 6.20 Å². The molecule has 0 atom stereocenters. The molecule has 0 aromatic carbocycles. The zero-order chi connectivity index (χ0) is 10.8. The molecular formula is C12H19N3O. The van der Waals surface area contributed by atoms with Crippen LogP contribution in [0.25, 0.3) is 0 Å². The predicted octanol–water partition coefficient (Wildman–Crippen LogP) is 1.56. The van der Waals surface area contributed by atoms with Crippen molar-refractivity contribution in [3.63, 3.8) is 0 Å². The van der Waals surface area contributed by atoms with Crippen LogP contribution in [-0.2, 0) is 11.3 Å². The third kappa shape index (κ3) is 2.44. The Kier molecular flexibility index (Phi) is 2.93. The van der Waals surface area contributed by atoms with Gasteiger partial charge in [-0.1, -0.05) is 0 Å². The average molecular weight is 221 g/mol. The van der Waals surface area contributed by atoms with E-state index in [1.54, 1.807) is 0 Å². The van der Waals surface area contributed by atoms with Crippen molar-refractivity contribution >= 4 is 0 Å². The Morgan fingerprint density at radius 3 is 2.88 bits per heavy atom. The number of H-pyrrole nitrogens is 1. The Morgan fingerprint density at radius 1 is 1.31 bits per heavy atom. The lowest BCUT2D eigenvalue weighted by atomic mass is 10.00. The molecule has 2 heterocycles. The second-order valence-electron chi connectivity index (χ2n) is 4.84. The first-order valence-corrected chi connectivity index (χ1v) is 6.27. The van der Waals surface area contributed by atoms with Gasteiger partial charge in [-0.2, -0.15) is 0 Å². The van der Waals surface area contributed by atoms with Crippen molar-refractivity contribution in [2.45, 2.75) is 44.2 Å². The summed E-state index contributed by atoms with van der Waals surface area (Å²) in [5.74, 6) is 1.72. The zero-order valence-electron chi connectivity index (χ0n) is 9.54. The number of nitrogens with zero attached hydrogens (tertiary/aromatic N) is 1. The highest BCUT2D eigenvalue weighted by Crippen LogP contribution is 2.24. The Morgan fingerprint density at radius 2 is 2.12 bits per heavy atom. The van der Waals surface area contributed by atoms with Gasteiger partial charge in [0.05, 0.1) is 0 Å². The van der Waals surface area contributed by atoms with E-state index in [0.29, 0.717) is 5.92 Å². The summed E-state index contributed by atoms with van der Waals surface area (Å²) < 4.78 is 5.36. The lowest BCUT2D eigenvalue weighted by Gasteiger charge is -2.19. The third-order valence-corrected chi connectivity index (χ3v) is 3.41. The molecule has 1 saturated heterocycles. The van der Waals surface area contributed by atoms with Crippen LogP contribution in [0.1, 0.15) is 43.1 Å². The van der Waals surface area contributed by atoms with Crippen LogP contribution < -0.4 is 5.32 Å². The standard InChI is InChI=1S/C12H19N3O/c1-2-10(1)13-7-11-8-14-12(15-11)9-3-5-16-6-4-9/h8-10,13H,1-7H2,(H,14,15). The van der Waals surface area contributed by atoms with E-state index >= 15 is 0 Å². The second-order valence-corrected chi connectivity index (χ2v) is 4.84. The van der Waals surface area contributed by atoms with Gasteiger partial charge in [-0.3, -0.25) is 0 Å². The van der Waals surface area contributed by atoms with Crippen LogP contribution in [0, 0.1) is 0 Å². The molecule has 0 unspecified atom stereocenters. The fraction of sp³-hybridized carbons (Fsp3) is 0.750. The van der Waals surface area contributed by atoms with Crippen LogP contribution in [0.2, 0.25) is 0 Å². The maximum atomic E-state index is 5.36. The van der Waals surface area contributed by atoms with Crippen LogP contribution in [0.5, 0.6) is 0 Å². The molecular weight excluding hydrogens is 202 g/mol. The van der Waals surface area contributed by atoms with Crippen LogP contribution >= 0.6 is 0 Å². The Hall–Kier alpha value is -0.870. The number of hydrogen-bond acceptors (Lipinski definition) is 3. The summed E-state index contributed by atoms with van der Waals surface area (Å²) in [4.78, 5) is 7.92. The first-order chi connectivity index (χ1) is 7.92. The highest BCUT2D eigenvalue weighted by molar-refractivity contribution is 5.06. The van der Waals surface area contributed by atoms with Gasteiger partial charge >= 0.3 is 0 Å². The first-order valence-electron chi connectivity index (χ1n) is 6.27. The SMILES string of the molecule is c1nc(C2CCOCC2)[nH]c1CNC1CC1. The van der Waals surface area contributed by atoms with Crippen molar-refractivity contribution in [1.82, 2.24) is 15.3 Å². The fourth-order valence-electron chi connectivity index (χ4n) is 2.19. The minimum absolute atomic E-state index is 0.573. The summed E-state index contributed by atoms with van der Waals surface area (Å²) in [6, 6.07) is 0.759. The summed E-state index contributed by atoms with van der Waals surface area (Å²) in [6.45, 7) is 2.68. The number of aromatic nitrogens is 2. The van der Waals surface area contributed by atoms with Gasteiger partial charge in [0.15, 0.2) is 0 Å². The number of aromatic amines is 1. The highest BCUT2D eigenvalue weighted by atomic mass is 16.5. The lowest BCUT2D eigenvalue weighted by Crippen LogP contribution is -2.16. The van der Waals surface area contributed by atoms with E-state index < -0.39 is 0 Å². The molecule has 0 spiro atoms. The Labute approximate surface area is 95.8 Å². The number of imidazole rings is 1. The van der Waals surface area contributed by atoms with Gasteiger partial charge in [0, 0.05) is 43.6 Å². The van der Waals surface area contributed by atoms with E-state index in [9.17, 15) is 0 Å². The molecule has 0 amide bonds. The molecule has 4 nitrogen and oxygen atoms in total. The summed E-state index contributed by atoms with van der Waals surface area (Å²) in [6.07, 6.45) is 6.84. The first kappa shape index (κ1) is 10.3. The normalized spacial score (nSPS) is 22.5. The maximum absolute atomic E-state index is 5.36. The van der Waals surface area contributed by atoms with Crippen molar-refractivity contribution in [1.29, 1.82) is 0 Å². The molecule has 2 fully saturated rings. The van der Waals surface area contributed by atoms with Crippen LogP contribution in [0.3, 0.4) is 0 Å². The van der Waals surface area contributed by atoms with Gasteiger partial charge in [-0.05, 0) is 25.7 Å². The van der Waals surface area contributed by atoms with Gasteiger partial charge in [-0.25, -0.2) is 4.98 Å². The van der Waals surface area contributed by atoms with Crippen molar-refractivity contribution < 1.29 is 4.74 Å². The van der Waals surface area contributed by atoms with Crippen LogP contribution in [0.4, 0.5) is 0 Å². The quantitative estimate of drug-likeness (QED) is 0.811. The molecule has 88 valence electrons. The summed E-state index contributed by atoms with van der Waals surface area (Å²) in [5, 5.41) is 3.49. The minimum Gasteiger partial charge on any atom is -0.381 e. The van der Waals surface area contributed by atoms with Gasteiger partial charge < -0.3 is 15.0 Å². The van der Waals surface area contributed by atoms with E-state index in [2.05, 4.69) is 15.3 Å². The maximum Gasteiger partial charge on any atom is 0.109 e. The molecule has 2 aliphatic rings. The largest absolute Gasteiger partial charge is 0.381 e. The van der Waals surface area contributed by atoms with Crippen molar-refractivity contribution in [2.24, 2.45) is 0 Å². The van der Waals surface area contributed by atoms with E-state index in [1.807, 2.05) is 6.20 Å². The van der Waals surface area contributed by atoms with Crippen molar-refractivity contribution in [3.8, 4) is 0 Å². The Bertz CT molecular complexity index is 340. The zero-order valence-corrected chi connectivity index (χ0v) is 9.54. The van der Waals surface area contributed by atoms with Crippen LogP contribution in [-0.4, -0.2) is 29.2 Å². The molecule has 1 aliphatic heterocycles. The second kappa shape index (κ2) is 4.55. The monoisotopic (exact) mass is 221 g/mol. The summed E-state index contributed by atoms with van der Waals surface area (Å²) in [7, 11) is 0. The molecule has 16 heavy (non-hydrogen) atoms. The molecule has 1 aliphatic carbocycles. The topological polar surface area (TPSA) is 49.9 Å². The lowest BCUT2D eigenvalue weighted by molar-refractivity contribution is 0.0837. The van der Waals surface area contributed by atoms with Gasteiger partial charge in [-0.15, -0.1) is 0 Å². The smallest absolute Gasteiger partial charge is 0.109 e. The summed E-state index contributed by atoms with van der Waals surface area (Å²) in [5.41, 5.74) is 1.22. The highest BCUT2D eigenvalue weighted by Gasteiger charge is 2.21. The molecule has 1 aromatic rings. The van der Waals surface area contributed by atoms with Crippen molar-refractivity contribution in [3.05, 3.63) is 17.7 Å². The predicted molar refractivity (Wildman–Crippen MR) is 61.2 cm³/mol. The fourth-order valence-corrected chi connectivity index (χ4v) is 2.19. The molecule has 1 saturated carbocycles. The van der Waals surface area contributed by atoms with Gasteiger partial charge in [0.25, 0.3) is 0 Å². The number of ether oxygens (including phenoxy) is 1. The average Bonchev–Trinajstić information content (AvgIpc) is 3.05. The van der Waals surface area contributed by atoms with E-state index in [0.717, 1.165) is 44.5 Å². The summed E-state index contributed by atoms with van der Waals surface area (Å²) >= 11 is 0. The van der Waals surface area contributed by atoms with E-state index in [4.69, 9.17) is 4.74 Å². The molecule has 3 rings (SSSR count).